The van der Waals surface area contributed by atoms with Crippen molar-refractivity contribution in [2.75, 3.05) is 84.4 Å². The molecule has 3 N–H and O–H groups in total. The molecule has 2 aromatic heterocycles. The van der Waals surface area contributed by atoms with E-state index in [4.69, 9.17) is 18.9 Å². The fraction of sp³-hybridized carbons (Fsp3) is 0.562. The van der Waals surface area contributed by atoms with Gasteiger partial charge in [0.1, 0.15) is 11.5 Å². The maximum absolute atomic E-state index is 12.4. The second-order valence-electron chi connectivity index (χ2n) is 11.0. The van der Waals surface area contributed by atoms with Crippen LogP contribution in [-0.2, 0) is 41.6 Å². The predicted molar refractivity (Wildman–Crippen MR) is 169 cm³/mol. The van der Waals surface area contributed by atoms with E-state index in [9.17, 15) is 29.4 Å². The largest absolute Gasteiger partial charge is 0.477 e. The number of Topliss-reactive ketones (excluding diaryl/α,β-unsaturated/α-hetero) is 1. The molecule has 1 saturated heterocycles. The van der Waals surface area contributed by atoms with E-state index in [1.165, 1.54) is 19.1 Å². The Morgan fingerprint density at radius 3 is 1.72 bits per heavy atom. The summed E-state index contributed by atoms with van der Waals surface area (Å²) in [5, 5.41) is 21.6. The molecule has 3 rings (SSSR count). The number of carbonyl (C=O) groups is 4. The molecule has 0 aromatic carbocycles. The Hall–Kier alpha value is -3.86. The molecule has 1 aliphatic heterocycles. The number of pyridine rings is 2. The van der Waals surface area contributed by atoms with Crippen LogP contribution >= 0.6 is 0 Å². The fourth-order valence-corrected chi connectivity index (χ4v) is 4.68. The monoisotopic (exact) mass is 659 g/mol. The van der Waals surface area contributed by atoms with Crippen LogP contribution in [0.15, 0.2) is 30.3 Å². The van der Waals surface area contributed by atoms with Gasteiger partial charge in [-0.3, -0.25) is 14.6 Å². The van der Waals surface area contributed by atoms with E-state index in [1.807, 2.05) is 4.90 Å². The number of anilines is 1. The molecule has 1 aliphatic rings. The number of hydrogen-bond donors (Lipinski definition) is 3. The molecule has 0 bridgehead atoms. The quantitative estimate of drug-likeness (QED) is 0.317. The Labute approximate surface area is 274 Å². The van der Waals surface area contributed by atoms with Gasteiger partial charge in [0.25, 0.3) is 0 Å². The zero-order valence-electron chi connectivity index (χ0n) is 26.9. The summed E-state index contributed by atoms with van der Waals surface area (Å²) in [4.78, 5) is 59.2. The maximum atomic E-state index is 12.4. The van der Waals surface area contributed by atoms with Crippen LogP contribution < -0.4 is 5.32 Å². The van der Waals surface area contributed by atoms with Crippen LogP contribution in [0, 0.1) is 0 Å². The first kappa shape index (κ1) is 37.6. The smallest absolute Gasteiger partial charge is 0.354 e. The Balaban J connectivity index is 1.54. The van der Waals surface area contributed by atoms with Gasteiger partial charge in [0, 0.05) is 57.8 Å². The highest BCUT2D eigenvalue weighted by atomic mass is 16.5. The summed E-state index contributed by atoms with van der Waals surface area (Å²) in [6.07, 6.45) is 0.860. The van der Waals surface area contributed by atoms with Crippen LogP contribution in [-0.4, -0.2) is 133 Å². The first-order chi connectivity index (χ1) is 22.7. The van der Waals surface area contributed by atoms with Gasteiger partial charge < -0.3 is 39.3 Å². The number of amides is 1. The second-order valence-corrected chi connectivity index (χ2v) is 11.0. The van der Waals surface area contributed by atoms with E-state index in [0.717, 1.165) is 0 Å². The minimum Gasteiger partial charge on any atom is -0.477 e. The van der Waals surface area contributed by atoms with Crippen molar-refractivity contribution in [1.82, 2.24) is 19.8 Å². The summed E-state index contributed by atoms with van der Waals surface area (Å²) in [6.45, 7) is 7.64. The summed E-state index contributed by atoms with van der Waals surface area (Å²) in [7, 11) is 0. The van der Waals surface area contributed by atoms with E-state index < -0.39 is 11.9 Å². The van der Waals surface area contributed by atoms with E-state index in [1.54, 1.807) is 18.2 Å². The number of carboxylic acid groups (broad SMARTS) is 2. The summed E-state index contributed by atoms with van der Waals surface area (Å²) >= 11 is 0. The number of carbonyl (C=O) groups excluding carboxylic acids is 2. The van der Waals surface area contributed by atoms with E-state index in [0.29, 0.717) is 122 Å². The third kappa shape index (κ3) is 15.5. The number of ether oxygens (including phenoxy) is 4. The molecule has 258 valence electrons. The number of aromatic carboxylic acids is 2. The van der Waals surface area contributed by atoms with Crippen molar-refractivity contribution < 1.29 is 48.3 Å². The zero-order valence-corrected chi connectivity index (χ0v) is 26.9. The van der Waals surface area contributed by atoms with Crippen LogP contribution in [0.4, 0.5) is 5.69 Å². The fourth-order valence-electron chi connectivity index (χ4n) is 4.68. The van der Waals surface area contributed by atoms with Crippen molar-refractivity contribution in [3.63, 3.8) is 0 Å². The minimum absolute atomic E-state index is 0.00109. The lowest BCUT2D eigenvalue weighted by Gasteiger charge is -2.23. The van der Waals surface area contributed by atoms with Crippen LogP contribution in [0.25, 0.3) is 0 Å². The summed E-state index contributed by atoms with van der Waals surface area (Å²) in [6, 6.07) is 7.89. The second kappa shape index (κ2) is 21.1. The lowest BCUT2D eigenvalue weighted by atomic mass is 10.2. The molecule has 0 atom stereocenters. The first-order valence-corrected chi connectivity index (χ1v) is 15.7. The van der Waals surface area contributed by atoms with Gasteiger partial charge in [0.15, 0.2) is 5.69 Å². The average molecular weight is 660 g/mol. The molecule has 0 spiro atoms. The van der Waals surface area contributed by atoms with E-state index in [-0.39, 0.29) is 29.5 Å². The van der Waals surface area contributed by atoms with Crippen molar-refractivity contribution in [3.8, 4) is 0 Å². The molecule has 0 aliphatic carbocycles. The van der Waals surface area contributed by atoms with Crippen LogP contribution in [0.2, 0.25) is 0 Å². The third-order valence-electron chi connectivity index (χ3n) is 7.06. The lowest BCUT2D eigenvalue weighted by molar-refractivity contribution is -0.117. The van der Waals surface area contributed by atoms with E-state index in [2.05, 4.69) is 20.2 Å². The van der Waals surface area contributed by atoms with Gasteiger partial charge in [-0.2, -0.15) is 0 Å². The van der Waals surface area contributed by atoms with Gasteiger partial charge in [-0.05, 0) is 37.6 Å². The number of aromatic nitrogens is 2. The van der Waals surface area contributed by atoms with Gasteiger partial charge in [-0.1, -0.05) is 6.07 Å². The number of hydrogen-bond acceptors (Lipinski definition) is 12. The third-order valence-corrected chi connectivity index (χ3v) is 7.06. The summed E-state index contributed by atoms with van der Waals surface area (Å²) < 4.78 is 23.1. The molecule has 47 heavy (non-hydrogen) atoms. The number of ketones is 1. The predicted octanol–water partition coefficient (Wildman–Crippen LogP) is 1.96. The van der Waals surface area contributed by atoms with Gasteiger partial charge >= 0.3 is 11.9 Å². The summed E-state index contributed by atoms with van der Waals surface area (Å²) in [5.74, 6) is -2.59. The molecule has 0 radical (unpaired) electrons. The van der Waals surface area contributed by atoms with Gasteiger partial charge in [0.05, 0.1) is 64.2 Å². The minimum atomic E-state index is -1.21. The van der Waals surface area contributed by atoms with Crippen molar-refractivity contribution >= 4 is 29.3 Å². The van der Waals surface area contributed by atoms with Crippen LogP contribution in [0.5, 0.6) is 0 Å². The van der Waals surface area contributed by atoms with Crippen molar-refractivity contribution in [2.45, 2.75) is 39.3 Å². The molecule has 1 fully saturated rings. The van der Waals surface area contributed by atoms with E-state index >= 15 is 0 Å². The highest BCUT2D eigenvalue weighted by Gasteiger charge is 2.15. The Kier molecular flexibility index (Phi) is 16.9. The maximum Gasteiger partial charge on any atom is 0.354 e. The van der Waals surface area contributed by atoms with Crippen molar-refractivity contribution in [2.24, 2.45) is 0 Å². The molecule has 3 heterocycles. The average Bonchev–Trinajstić information content (AvgIpc) is 3.02. The molecular formula is C32H45N5O10. The standard InChI is InChI=1S/C32H45N5O10/c1-24(38)4-2-7-30(39)35-26-20-27(34-29(21-26)32(42)43)23-37-10-14-46-18-16-44-12-8-36(9-13-45-17-19-47-15-11-37)22-25-5-3-6-28(33-25)31(40)41/h3,5-6,20-21H,2,4,7-19,22-23H2,1H3,(H,40,41)(H,42,43)(H,34,35,39). The van der Waals surface area contributed by atoms with Crippen LogP contribution in [0.1, 0.15) is 58.6 Å². The first-order valence-electron chi connectivity index (χ1n) is 15.7. The molecule has 15 nitrogen and oxygen atoms in total. The molecule has 0 saturated carbocycles. The molecule has 2 aromatic rings. The van der Waals surface area contributed by atoms with Gasteiger partial charge in [0.2, 0.25) is 5.91 Å². The van der Waals surface area contributed by atoms with Crippen LogP contribution in [0.3, 0.4) is 0 Å². The lowest BCUT2D eigenvalue weighted by Crippen LogP contribution is -2.33. The number of nitrogens with zero attached hydrogens (tertiary/aromatic N) is 4. The van der Waals surface area contributed by atoms with Crippen molar-refractivity contribution in [1.29, 1.82) is 0 Å². The van der Waals surface area contributed by atoms with Gasteiger partial charge in [-0.15, -0.1) is 0 Å². The Morgan fingerprint density at radius 1 is 0.702 bits per heavy atom. The summed E-state index contributed by atoms with van der Waals surface area (Å²) in [5.41, 5.74) is 1.25. The van der Waals surface area contributed by atoms with Crippen molar-refractivity contribution in [3.05, 3.63) is 53.1 Å². The highest BCUT2D eigenvalue weighted by Crippen LogP contribution is 2.15. The molecular weight excluding hydrogens is 614 g/mol. The Morgan fingerprint density at radius 2 is 1.21 bits per heavy atom. The molecule has 0 unspecified atom stereocenters. The Bertz CT molecular complexity index is 1290. The molecule has 15 heteroatoms. The normalized spacial score (nSPS) is 16.9. The van der Waals surface area contributed by atoms with Gasteiger partial charge in [-0.25, -0.2) is 19.6 Å². The topological polar surface area (TPSA) is 190 Å². The zero-order chi connectivity index (χ0) is 33.9. The number of rotatable bonds is 11. The molecule has 1 amide bonds. The highest BCUT2D eigenvalue weighted by molar-refractivity contribution is 5.93. The number of carboxylic acids is 2. The number of nitrogens with one attached hydrogen (secondary N) is 1. The SMILES string of the molecule is CC(=O)CCCC(=O)Nc1cc(CN2CCOCCOCCN(Cc3cccc(C(=O)O)n3)CCOCCOCC2)nc(C(=O)O)c1.